The van der Waals surface area contributed by atoms with Gasteiger partial charge in [0.15, 0.2) is 0 Å². The minimum absolute atomic E-state index is 0.110. The number of carbonyl (C=O) groups is 1. The molecule has 0 aromatic heterocycles. The van der Waals surface area contributed by atoms with Crippen LogP contribution in [0.3, 0.4) is 0 Å². The first-order valence-electron chi connectivity index (χ1n) is 7.35. The lowest BCUT2D eigenvalue weighted by atomic mass is 10.0. The monoisotopic (exact) mass is 280 g/mol. The van der Waals surface area contributed by atoms with Crippen LogP contribution in [-0.4, -0.2) is 5.91 Å². The molecule has 3 heteroatoms. The van der Waals surface area contributed by atoms with Crippen molar-refractivity contribution in [2.75, 3.05) is 10.6 Å². The summed E-state index contributed by atoms with van der Waals surface area (Å²) in [5.74, 6) is 0.110. The standard InChI is InChI=1S/C18H20N2O/c1-12-4-3-5-13(2)16(12)11-19-15-7-8-17-14(10-15)6-9-18(21)20-17/h3-5,7-8,10,19H,6,9,11H2,1-2H3,(H,20,21). The zero-order valence-electron chi connectivity index (χ0n) is 12.5. The van der Waals surface area contributed by atoms with Gasteiger partial charge in [0, 0.05) is 24.3 Å². The van der Waals surface area contributed by atoms with Crippen molar-refractivity contribution >= 4 is 17.3 Å². The molecule has 2 N–H and O–H groups in total. The van der Waals surface area contributed by atoms with E-state index >= 15 is 0 Å². The highest BCUT2D eigenvalue weighted by Gasteiger charge is 2.14. The van der Waals surface area contributed by atoms with E-state index in [1.807, 2.05) is 12.1 Å². The van der Waals surface area contributed by atoms with E-state index in [0.29, 0.717) is 6.42 Å². The number of benzene rings is 2. The third-order valence-corrected chi connectivity index (χ3v) is 4.11. The Bertz CT molecular complexity index is 671. The summed E-state index contributed by atoms with van der Waals surface area (Å²) in [6, 6.07) is 12.5. The second-order valence-electron chi connectivity index (χ2n) is 5.64. The summed E-state index contributed by atoms with van der Waals surface area (Å²) in [6.45, 7) is 5.11. The van der Waals surface area contributed by atoms with E-state index in [2.05, 4.69) is 48.7 Å². The first-order valence-corrected chi connectivity index (χ1v) is 7.35. The van der Waals surface area contributed by atoms with Crippen LogP contribution in [0.5, 0.6) is 0 Å². The highest BCUT2D eigenvalue weighted by Crippen LogP contribution is 2.26. The smallest absolute Gasteiger partial charge is 0.224 e. The number of nitrogens with one attached hydrogen (secondary N) is 2. The molecule has 3 rings (SSSR count). The van der Waals surface area contributed by atoms with Crippen LogP contribution in [0, 0.1) is 13.8 Å². The molecule has 0 unspecified atom stereocenters. The average molecular weight is 280 g/mol. The number of fused-ring (bicyclic) bond motifs is 1. The quantitative estimate of drug-likeness (QED) is 0.898. The number of anilines is 2. The number of aryl methyl sites for hydroxylation is 3. The van der Waals surface area contributed by atoms with Crippen molar-refractivity contribution in [1.29, 1.82) is 0 Å². The molecule has 0 spiro atoms. The third-order valence-electron chi connectivity index (χ3n) is 4.11. The van der Waals surface area contributed by atoms with Gasteiger partial charge in [-0.3, -0.25) is 4.79 Å². The van der Waals surface area contributed by atoms with E-state index < -0.39 is 0 Å². The molecule has 2 aromatic rings. The van der Waals surface area contributed by atoms with Crippen LogP contribution in [0.15, 0.2) is 36.4 Å². The fourth-order valence-electron chi connectivity index (χ4n) is 2.81. The molecule has 0 fully saturated rings. The molecule has 2 aromatic carbocycles. The van der Waals surface area contributed by atoms with Crippen molar-refractivity contribution in [1.82, 2.24) is 0 Å². The Morgan fingerprint density at radius 2 is 1.86 bits per heavy atom. The number of hydrogen-bond donors (Lipinski definition) is 2. The van der Waals surface area contributed by atoms with Crippen molar-refractivity contribution in [3.63, 3.8) is 0 Å². The van der Waals surface area contributed by atoms with Crippen molar-refractivity contribution in [2.45, 2.75) is 33.2 Å². The number of amides is 1. The van der Waals surface area contributed by atoms with Crippen LogP contribution in [0.25, 0.3) is 0 Å². The summed E-state index contributed by atoms with van der Waals surface area (Å²) in [5, 5.41) is 6.40. The molecule has 108 valence electrons. The Labute approximate surface area is 125 Å². The number of carbonyl (C=O) groups excluding carboxylic acids is 1. The highest BCUT2D eigenvalue weighted by molar-refractivity contribution is 5.94. The van der Waals surface area contributed by atoms with Gasteiger partial charge >= 0.3 is 0 Å². The molecule has 0 radical (unpaired) electrons. The maximum atomic E-state index is 11.4. The lowest BCUT2D eigenvalue weighted by Crippen LogP contribution is -2.19. The Morgan fingerprint density at radius 3 is 2.62 bits per heavy atom. The molecule has 0 bridgehead atoms. The van der Waals surface area contributed by atoms with E-state index in [9.17, 15) is 4.79 Å². The van der Waals surface area contributed by atoms with Gasteiger partial charge < -0.3 is 10.6 Å². The first-order chi connectivity index (χ1) is 10.1. The zero-order chi connectivity index (χ0) is 14.8. The van der Waals surface area contributed by atoms with E-state index in [1.165, 1.54) is 22.3 Å². The normalized spacial score (nSPS) is 13.5. The highest BCUT2D eigenvalue weighted by atomic mass is 16.1. The lowest BCUT2D eigenvalue weighted by Gasteiger charge is -2.18. The molecule has 0 saturated heterocycles. The van der Waals surface area contributed by atoms with Crippen molar-refractivity contribution < 1.29 is 4.79 Å². The maximum absolute atomic E-state index is 11.4. The topological polar surface area (TPSA) is 41.1 Å². The van der Waals surface area contributed by atoms with Crippen LogP contribution in [0.2, 0.25) is 0 Å². The largest absolute Gasteiger partial charge is 0.381 e. The van der Waals surface area contributed by atoms with Crippen molar-refractivity contribution in [2.24, 2.45) is 0 Å². The number of rotatable bonds is 3. The van der Waals surface area contributed by atoms with Crippen molar-refractivity contribution in [3.8, 4) is 0 Å². The molecule has 3 nitrogen and oxygen atoms in total. The van der Waals surface area contributed by atoms with Gasteiger partial charge in [0.2, 0.25) is 5.91 Å². The second-order valence-corrected chi connectivity index (χ2v) is 5.64. The fraction of sp³-hybridized carbons (Fsp3) is 0.278. The van der Waals surface area contributed by atoms with Crippen LogP contribution in [0.1, 0.15) is 28.7 Å². The zero-order valence-corrected chi connectivity index (χ0v) is 12.5. The minimum atomic E-state index is 0.110. The van der Waals surface area contributed by atoms with Gasteiger partial charge in [-0.05, 0) is 60.7 Å². The summed E-state index contributed by atoms with van der Waals surface area (Å²) >= 11 is 0. The van der Waals surface area contributed by atoms with Gasteiger partial charge in [-0.25, -0.2) is 0 Å². The molecule has 0 saturated carbocycles. The van der Waals surface area contributed by atoms with Crippen LogP contribution in [0.4, 0.5) is 11.4 Å². The second kappa shape index (κ2) is 5.60. The van der Waals surface area contributed by atoms with Crippen LogP contribution < -0.4 is 10.6 Å². The molecule has 1 heterocycles. The molecule has 0 atom stereocenters. The molecule has 1 aliphatic heterocycles. The summed E-state index contributed by atoms with van der Waals surface area (Å²) < 4.78 is 0. The Kier molecular flexibility index (Phi) is 3.65. The van der Waals surface area contributed by atoms with E-state index in [-0.39, 0.29) is 5.91 Å². The van der Waals surface area contributed by atoms with Gasteiger partial charge in [-0.2, -0.15) is 0 Å². The molecule has 1 aliphatic rings. The maximum Gasteiger partial charge on any atom is 0.224 e. The summed E-state index contributed by atoms with van der Waals surface area (Å²) in [4.78, 5) is 11.4. The third kappa shape index (κ3) is 2.92. The van der Waals surface area contributed by atoms with E-state index in [4.69, 9.17) is 0 Å². The molecule has 21 heavy (non-hydrogen) atoms. The predicted octanol–water partition coefficient (Wildman–Crippen LogP) is 3.80. The Balaban J connectivity index is 1.76. The fourth-order valence-corrected chi connectivity index (χ4v) is 2.81. The summed E-state index contributed by atoms with van der Waals surface area (Å²) in [6.07, 6.45) is 1.40. The van der Waals surface area contributed by atoms with E-state index in [1.54, 1.807) is 0 Å². The summed E-state index contributed by atoms with van der Waals surface area (Å²) in [7, 11) is 0. The summed E-state index contributed by atoms with van der Waals surface area (Å²) in [5.41, 5.74) is 7.24. The van der Waals surface area contributed by atoms with E-state index in [0.717, 1.165) is 24.3 Å². The SMILES string of the molecule is Cc1cccc(C)c1CNc1ccc2c(c1)CCC(=O)N2. The first kappa shape index (κ1) is 13.7. The van der Waals surface area contributed by atoms with Gasteiger partial charge in [-0.1, -0.05) is 18.2 Å². The molecular weight excluding hydrogens is 260 g/mol. The van der Waals surface area contributed by atoms with Crippen LogP contribution >= 0.6 is 0 Å². The minimum Gasteiger partial charge on any atom is -0.381 e. The van der Waals surface area contributed by atoms with Crippen molar-refractivity contribution in [3.05, 3.63) is 58.7 Å². The van der Waals surface area contributed by atoms with Crippen LogP contribution in [-0.2, 0) is 17.8 Å². The number of hydrogen-bond acceptors (Lipinski definition) is 2. The predicted molar refractivity (Wildman–Crippen MR) is 86.6 cm³/mol. The Hall–Kier alpha value is -2.29. The van der Waals surface area contributed by atoms with Gasteiger partial charge in [-0.15, -0.1) is 0 Å². The van der Waals surface area contributed by atoms with Gasteiger partial charge in [0.05, 0.1) is 0 Å². The Morgan fingerprint density at radius 1 is 1.10 bits per heavy atom. The molecule has 1 amide bonds. The lowest BCUT2D eigenvalue weighted by molar-refractivity contribution is -0.116. The molecule has 0 aliphatic carbocycles. The molecular formula is C18H20N2O. The van der Waals surface area contributed by atoms with Gasteiger partial charge in [0.1, 0.15) is 0 Å². The van der Waals surface area contributed by atoms with Gasteiger partial charge in [0.25, 0.3) is 0 Å². The average Bonchev–Trinajstić information content (AvgIpc) is 2.47.